The van der Waals surface area contributed by atoms with Crippen LogP contribution < -0.4 is 15.4 Å². The Labute approximate surface area is 156 Å². The number of benzene rings is 1. The van der Waals surface area contributed by atoms with Crippen LogP contribution in [0.25, 0.3) is 0 Å². The maximum Gasteiger partial charge on any atom is 0.414 e. The van der Waals surface area contributed by atoms with Crippen LogP contribution in [0.15, 0.2) is 30.5 Å². The second-order valence-electron chi connectivity index (χ2n) is 6.91. The van der Waals surface area contributed by atoms with E-state index < -0.39 is 4.92 Å². The first-order valence-corrected chi connectivity index (χ1v) is 9.15. The first-order valence-electron chi connectivity index (χ1n) is 9.15. The molecule has 2 unspecified atom stereocenters. The molecule has 2 N–H and O–H groups in total. The van der Waals surface area contributed by atoms with Crippen LogP contribution in [0.2, 0.25) is 0 Å². The lowest BCUT2D eigenvalue weighted by atomic mass is 10.0. The Morgan fingerprint density at radius 1 is 1.30 bits per heavy atom. The minimum Gasteiger partial charge on any atom is -0.443 e. The topological polar surface area (TPSA) is 103 Å². The van der Waals surface area contributed by atoms with Gasteiger partial charge in [0.2, 0.25) is 0 Å². The lowest BCUT2D eigenvalue weighted by Gasteiger charge is -2.24. The van der Waals surface area contributed by atoms with E-state index in [1.807, 2.05) is 0 Å². The highest BCUT2D eigenvalue weighted by Crippen LogP contribution is 2.22. The lowest BCUT2D eigenvalue weighted by Crippen LogP contribution is -2.49. The van der Waals surface area contributed by atoms with Gasteiger partial charge in [0.25, 0.3) is 0 Å². The van der Waals surface area contributed by atoms with E-state index >= 15 is 0 Å². The number of aromatic nitrogens is 2. The van der Waals surface area contributed by atoms with Gasteiger partial charge in [-0.1, -0.05) is 24.3 Å². The minimum atomic E-state index is -0.523. The summed E-state index contributed by atoms with van der Waals surface area (Å²) in [5, 5.41) is 17.7. The zero-order valence-corrected chi connectivity index (χ0v) is 15.0. The number of ether oxygens (including phenoxy) is 2. The molecule has 3 heterocycles. The van der Waals surface area contributed by atoms with Crippen LogP contribution >= 0.6 is 0 Å². The maximum absolute atomic E-state index is 10.8. The first-order chi connectivity index (χ1) is 13.2. The van der Waals surface area contributed by atoms with Gasteiger partial charge < -0.3 is 30.2 Å². The van der Waals surface area contributed by atoms with Gasteiger partial charge in [-0.25, -0.2) is 0 Å². The fourth-order valence-corrected chi connectivity index (χ4v) is 3.39. The Balaban J connectivity index is 1.28. The Morgan fingerprint density at radius 2 is 2.11 bits per heavy atom. The van der Waals surface area contributed by atoms with Crippen molar-refractivity contribution < 1.29 is 14.4 Å². The van der Waals surface area contributed by atoms with E-state index in [0.717, 1.165) is 31.6 Å². The van der Waals surface area contributed by atoms with Crippen molar-refractivity contribution >= 4 is 5.82 Å². The van der Waals surface area contributed by atoms with Crippen molar-refractivity contribution in [2.45, 2.75) is 31.7 Å². The molecule has 1 aromatic carbocycles. The van der Waals surface area contributed by atoms with Crippen molar-refractivity contribution in [2.24, 2.45) is 0 Å². The van der Waals surface area contributed by atoms with E-state index in [1.165, 1.54) is 11.8 Å². The molecule has 0 spiro atoms. The molecule has 1 saturated heterocycles. The lowest BCUT2D eigenvalue weighted by molar-refractivity contribution is -0.389. The Morgan fingerprint density at radius 3 is 2.85 bits per heavy atom. The molecular weight excluding hydrogens is 350 g/mol. The van der Waals surface area contributed by atoms with Crippen molar-refractivity contribution in [2.75, 3.05) is 26.2 Å². The summed E-state index contributed by atoms with van der Waals surface area (Å²) >= 11 is 0. The fourth-order valence-electron chi connectivity index (χ4n) is 3.39. The molecule has 0 radical (unpaired) electrons. The average Bonchev–Trinajstić information content (AvgIpc) is 3.12. The molecule has 2 atom stereocenters. The molecule has 0 saturated carbocycles. The van der Waals surface area contributed by atoms with Gasteiger partial charge in [-0.3, -0.25) is 4.57 Å². The van der Waals surface area contributed by atoms with Gasteiger partial charge >= 0.3 is 11.8 Å². The third-order valence-corrected chi connectivity index (χ3v) is 4.83. The number of hydrogen-bond donors (Lipinski definition) is 2. The summed E-state index contributed by atoms with van der Waals surface area (Å²) in [6.45, 7) is 4.36. The Bertz CT molecular complexity index is 786. The average molecular weight is 373 g/mol. The second kappa shape index (κ2) is 8.03. The van der Waals surface area contributed by atoms with Gasteiger partial charge in [0.15, 0.2) is 0 Å². The van der Waals surface area contributed by atoms with Crippen LogP contribution in [0.1, 0.15) is 11.1 Å². The number of imidazole rings is 1. The summed E-state index contributed by atoms with van der Waals surface area (Å²) in [6.07, 6.45) is 2.23. The normalized spacial score (nSPS) is 22.1. The van der Waals surface area contributed by atoms with E-state index in [9.17, 15) is 10.1 Å². The fraction of sp³-hybridized carbons (Fsp3) is 0.500. The van der Waals surface area contributed by atoms with Gasteiger partial charge in [-0.2, -0.15) is 0 Å². The number of rotatable bonds is 6. The number of nitrogens with zero attached hydrogens (tertiary/aromatic N) is 3. The van der Waals surface area contributed by atoms with E-state index in [1.54, 1.807) is 4.57 Å². The number of hydrogen-bond acceptors (Lipinski definition) is 7. The SMILES string of the molecule is O=[N+]([O-])c1cn2c(n1)OCC(OCc1ccc(CC3CNCCN3)cc1)C2. The highest BCUT2D eigenvalue weighted by Gasteiger charge is 2.28. The van der Waals surface area contributed by atoms with Crippen molar-refractivity contribution in [3.63, 3.8) is 0 Å². The van der Waals surface area contributed by atoms with Gasteiger partial charge in [0, 0.05) is 30.7 Å². The number of nitro groups is 1. The van der Waals surface area contributed by atoms with Crippen molar-refractivity contribution in [1.82, 2.24) is 20.2 Å². The highest BCUT2D eigenvalue weighted by molar-refractivity contribution is 5.23. The molecule has 2 aliphatic rings. The summed E-state index contributed by atoms with van der Waals surface area (Å²) in [6, 6.07) is 9.21. The van der Waals surface area contributed by atoms with Gasteiger partial charge in [-0.15, -0.1) is 0 Å². The Hall–Kier alpha value is -2.49. The van der Waals surface area contributed by atoms with Crippen molar-refractivity contribution in [3.8, 4) is 6.01 Å². The number of piperazine rings is 1. The van der Waals surface area contributed by atoms with Crippen molar-refractivity contribution in [1.29, 1.82) is 0 Å². The van der Waals surface area contributed by atoms with E-state index in [2.05, 4.69) is 39.9 Å². The van der Waals surface area contributed by atoms with Crippen LogP contribution in [-0.4, -0.2) is 52.9 Å². The highest BCUT2D eigenvalue weighted by atomic mass is 16.6. The summed E-state index contributed by atoms with van der Waals surface area (Å²) < 4.78 is 13.0. The zero-order valence-electron chi connectivity index (χ0n) is 15.0. The summed E-state index contributed by atoms with van der Waals surface area (Å²) in [5.41, 5.74) is 2.40. The van der Waals surface area contributed by atoms with E-state index in [4.69, 9.17) is 9.47 Å². The smallest absolute Gasteiger partial charge is 0.414 e. The molecule has 9 nitrogen and oxygen atoms in total. The van der Waals surface area contributed by atoms with Gasteiger partial charge in [0.1, 0.15) is 18.9 Å². The largest absolute Gasteiger partial charge is 0.443 e. The molecule has 144 valence electrons. The molecule has 1 fully saturated rings. The second-order valence-corrected chi connectivity index (χ2v) is 6.91. The third-order valence-electron chi connectivity index (χ3n) is 4.83. The predicted octanol–water partition coefficient (Wildman–Crippen LogP) is 0.873. The third kappa shape index (κ3) is 4.44. The zero-order chi connectivity index (χ0) is 18.6. The molecule has 2 aromatic rings. The van der Waals surface area contributed by atoms with Crippen LogP contribution in [0.4, 0.5) is 5.82 Å². The number of fused-ring (bicyclic) bond motifs is 1. The van der Waals surface area contributed by atoms with Crippen LogP contribution in [-0.2, 0) is 24.3 Å². The molecule has 2 aliphatic heterocycles. The molecule has 4 rings (SSSR count). The van der Waals surface area contributed by atoms with E-state index in [-0.39, 0.29) is 17.9 Å². The molecule has 1 aromatic heterocycles. The summed E-state index contributed by atoms with van der Waals surface area (Å²) in [7, 11) is 0. The summed E-state index contributed by atoms with van der Waals surface area (Å²) in [4.78, 5) is 14.1. The molecule has 0 aliphatic carbocycles. The molecule has 27 heavy (non-hydrogen) atoms. The van der Waals surface area contributed by atoms with Crippen LogP contribution in [0.5, 0.6) is 6.01 Å². The maximum atomic E-state index is 10.8. The molecule has 0 amide bonds. The molecule has 9 heteroatoms. The summed E-state index contributed by atoms with van der Waals surface area (Å²) in [5.74, 6) is -0.205. The number of nitrogens with one attached hydrogen (secondary N) is 2. The van der Waals surface area contributed by atoms with Crippen LogP contribution in [0, 0.1) is 10.1 Å². The van der Waals surface area contributed by atoms with Crippen molar-refractivity contribution in [3.05, 3.63) is 51.7 Å². The van der Waals surface area contributed by atoms with Crippen LogP contribution in [0.3, 0.4) is 0 Å². The van der Waals surface area contributed by atoms with E-state index in [0.29, 0.717) is 25.8 Å². The Kier molecular flexibility index (Phi) is 5.33. The molecular formula is C18H23N5O4. The standard InChI is InChI=1S/C18H23N5O4/c24-23(25)17-10-22-9-16(12-27-18(22)21-17)26-11-14-3-1-13(2-4-14)7-15-8-19-5-6-20-15/h1-4,10,15-16,19-20H,5-9,11-12H2. The van der Waals surface area contributed by atoms with Gasteiger partial charge in [0.05, 0.1) is 13.2 Å². The minimum absolute atomic E-state index is 0.163. The first kappa shape index (κ1) is 17.9. The molecule has 0 bridgehead atoms. The van der Waals surface area contributed by atoms with Gasteiger partial charge in [-0.05, 0) is 22.5 Å². The monoisotopic (exact) mass is 373 g/mol. The predicted molar refractivity (Wildman–Crippen MR) is 97.8 cm³/mol. The quantitative estimate of drug-likeness (QED) is 0.572.